The molecule has 0 unspecified atom stereocenters. The molecule has 7 nitrogen and oxygen atoms in total. The number of fused-ring (bicyclic) bond motifs is 1. The molecule has 1 saturated heterocycles. The van der Waals surface area contributed by atoms with Crippen molar-refractivity contribution in [1.82, 2.24) is 25.0 Å². The fourth-order valence-electron chi connectivity index (χ4n) is 3.03. The monoisotopic (exact) mass is 317 g/mol. The number of hydrogen-bond donors (Lipinski definition) is 1. The second kappa shape index (κ2) is 6.16. The molecule has 0 aromatic carbocycles. The van der Waals surface area contributed by atoms with Gasteiger partial charge in [-0.3, -0.25) is 4.79 Å². The van der Waals surface area contributed by atoms with Gasteiger partial charge in [0.2, 0.25) is 5.88 Å². The van der Waals surface area contributed by atoms with Gasteiger partial charge in [-0.2, -0.15) is 0 Å². The summed E-state index contributed by atoms with van der Waals surface area (Å²) in [5.74, 6) is 0.471. The number of aromatic nitrogens is 3. The first kappa shape index (κ1) is 15.7. The Kier molecular flexibility index (Phi) is 4.21. The van der Waals surface area contributed by atoms with Crippen LogP contribution in [0.1, 0.15) is 18.2 Å². The minimum absolute atomic E-state index is 0.00474. The summed E-state index contributed by atoms with van der Waals surface area (Å²) in [6.07, 6.45) is 0. The van der Waals surface area contributed by atoms with Gasteiger partial charge in [0.05, 0.1) is 5.39 Å². The third-order valence-electron chi connectivity index (χ3n) is 4.14. The Morgan fingerprint density at radius 3 is 3.00 bits per heavy atom. The number of nitrogens with zero attached hydrogens (tertiary/aromatic N) is 4. The number of nitrogens with one attached hydrogen (secondary N) is 1. The number of ether oxygens (including phenoxy) is 1. The minimum Gasteiger partial charge on any atom is -0.466 e. The van der Waals surface area contributed by atoms with Gasteiger partial charge < -0.3 is 15.0 Å². The van der Waals surface area contributed by atoms with Gasteiger partial charge in [-0.25, -0.2) is 9.67 Å². The van der Waals surface area contributed by atoms with Gasteiger partial charge in [0, 0.05) is 38.4 Å². The lowest BCUT2D eigenvalue weighted by molar-refractivity contribution is -0.134. The van der Waals surface area contributed by atoms with Crippen molar-refractivity contribution in [2.45, 2.75) is 26.8 Å². The summed E-state index contributed by atoms with van der Waals surface area (Å²) in [6.45, 7) is 8.29. The van der Waals surface area contributed by atoms with Gasteiger partial charge in [0.1, 0.15) is 0 Å². The first-order valence-corrected chi connectivity index (χ1v) is 7.90. The SMILES string of the molecule is Cc1cc(C)c2c(OCC(=O)N3CCN[C@H](C)C3)nn(C)c2n1. The third kappa shape index (κ3) is 3.14. The maximum absolute atomic E-state index is 12.3. The second-order valence-electron chi connectivity index (χ2n) is 6.19. The summed E-state index contributed by atoms with van der Waals surface area (Å²) in [5.41, 5.74) is 2.77. The Morgan fingerprint density at radius 1 is 1.48 bits per heavy atom. The lowest BCUT2D eigenvalue weighted by atomic mass is 10.2. The van der Waals surface area contributed by atoms with Crippen LogP contribution in [0.4, 0.5) is 0 Å². The van der Waals surface area contributed by atoms with E-state index in [1.807, 2.05) is 31.9 Å². The van der Waals surface area contributed by atoms with Gasteiger partial charge in [0.15, 0.2) is 12.3 Å². The summed E-state index contributed by atoms with van der Waals surface area (Å²) in [5, 5.41) is 8.57. The number of amides is 1. The van der Waals surface area contributed by atoms with E-state index in [1.54, 1.807) is 4.68 Å². The van der Waals surface area contributed by atoms with Crippen molar-refractivity contribution in [3.05, 3.63) is 17.3 Å². The van der Waals surface area contributed by atoms with Crippen molar-refractivity contribution in [2.24, 2.45) is 7.05 Å². The Morgan fingerprint density at radius 2 is 2.26 bits per heavy atom. The largest absolute Gasteiger partial charge is 0.466 e. The second-order valence-corrected chi connectivity index (χ2v) is 6.19. The van der Waals surface area contributed by atoms with E-state index in [9.17, 15) is 4.79 Å². The van der Waals surface area contributed by atoms with Crippen molar-refractivity contribution < 1.29 is 9.53 Å². The zero-order valence-corrected chi connectivity index (χ0v) is 14.1. The molecule has 0 aliphatic carbocycles. The molecule has 0 radical (unpaired) electrons. The lowest BCUT2D eigenvalue weighted by Gasteiger charge is -2.31. The molecule has 124 valence electrons. The molecule has 1 fully saturated rings. The first-order valence-electron chi connectivity index (χ1n) is 7.90. The quantitative estimate of drug-likeness (QED) is 0.906. The molecule has 1 aliphatic rings. The smallest absolute Gasteiger partial charge is 0.260 e. The fraction of sp³-hybridized carbons (Fsp3) is 0.562. The van der Waals surface area contributed by atoms with Crippen LogP contribution in [0.15, 0.2) is 6.07 Å². The van der Waals surface area contributed by atoms with Gasteiger partial charge >= 0.3 is 0 Å². The standard InChI is InChI=1S/C16H23N5O2/c1-10-7-11(2)18-15-14(10)16(19-20(15)4)23-9-13(22)21-6-5-17-12(3)8-21/h7,12,17H,5-6,8-9H2,1-4H3/t12-/m1/s1. The zero-order chi connectivity index (χ0) is 16.6. The number of rotatable bonds is 3. The predicted molar refractivity (Wildman–Crippen MR) is 87.5 cm³/mol. The molecule has 0 spiro atoms. The average Bonchev–Trinajstić information content (AvgIpc) is 2.81. The number of aryl methyl sites for hydroxylation is 3. The summed E-state index contributed by atoms with van der Waals surface area (Å²) in [4.78, 5) is 18.7. The van der Waals surface area contributed by atoms with Gasteiger partial charge in [0.25, 0.3) is 5.91 Å². The maximum atomic E-state index is 12.3. The molecular formula is C16H23N5O2. The van der Waals surface area contributed by atoms with E-state index in [4.69, 9.17) is 4.74 Å². The van der Waals surface area contributed by atoms with E-state index in [-0.39, 0.29) is 12.5 Å². The highest BCUT2D eigenvalue weighted by atomic mass is 16.5. The maximum Gasteiger partial charge on any atom is 0.260 e. The number of carbonyl (C=O) groups is 1. The molecule has 1 amide bonds. The normalized spacial score (nSPS) is 18.4. The van der Waals surface area contributed by atoms with Crippen LogP contribution in [0.25, 0.3) is 11.0 Å². The third-order valence-corrected chi connectivity index (χ3v) is 4.14. The fourth-order valence-corrected chi connectivity index (χ4v) is 3.03. The van der Waals surface area contributed by atoms with E-state index >= 15 is 0 Å². The van der Waals surface area contributed by atoms with Crippen LogP contribution in [0.2, 0.25) is 0 Å². The lowest BCUT2D eigenvalue weighted by Crippen LogP contribution is -2.52. The van der Waals surface area contributed by atoms with Crippen molar-refractivity contribution in [3.63, 3.8) is 0 Å². The van der Waals surface area contributed by atoms with Crippen molar-refractivity contribution in [1.29, 1.82) is 0 Å². The van der Waals surface area contributed by atoms with Crippen molar-refractivity contribution >= 4 is 16.9 Å². The number of carbonyl (C=O) groups excluding carboxylic acids is 1. The molecule has 0 bridgehead atoms. The van der Waals surface area contributed by atoms with Gasteiger partial charge in [-0.15, -0.1) is 5.10 Å². The molecule has 7 heteroatoms. The molecule has 23 heavy (non-hydrogen) atoms. The van der Waals surface area contributed by atoms with E-state index in [1.165, 1.54) is 0 Å². The highest BCUT2D eigenvalue weighted by molar-refractivity contribution is 5.85. The van der Waals surface area contributed by atoms with Crippen LogP contribution in [0, 0.1) is 13.8 Å². The van der Waals surface area contributed by atoms with Crippen LogP contribution in [0.3, 0.4) is 0 Å². The Hall–Kier alpha value is -2.15. The topological polar surface area (TPSA) is 72.3 Å². The Bertz CT molecular complexity index is 740. The summed E-state index contributed by atoms with van der Waals surface area (Å²) in [6, 6.07) is 2.31. The molecule has 2 aromatic heterocycles. The van der Waals surface area contributed by atoms with Crippen LogP contribution >= 0.6 is 0 Å². The molecular weight excluding hydrogens is 294 g/mol. The summed E-state index contributed by atoms with van der Waals surface area (Å²) >= 11 is 0. The zero-order valence-electron chi connectivity index (χ0n) is 14.1. The van der Waals surface area contributed by atoms with Crippen molar-refractivity contribution in [2.75, 3.05) is 26.2 Å². The summed E-state index contributed by atoms with van der Waals surface area (Å²) in [7, 11) is 1.83. The van der Waals surface area contributed by atoms with Gasteiger partial charge in [-0.1, -0.05) is 0 Å². The van der Waals surface area contributed by atoms with Crippen molar-refractivity contribution in [3.8, 4) is 5.88 Å². The molecule has 2 aromatic rings. The van der Waals surface area contributed by atoms with Crippen LogP contribution in [-0.4, -0.2) is 57.9 Å². The Balaban J connectivity index is 1.76. The van der Waals surface area contributed by atoms with Crippen LogP contribution < -0.4 is 10.1 Å². The summed E-state index contributed by atoms with van der Waals surface area (Å²) < 4.78 is 7.42. The Labute approximate surface area is 135 Å². The number of hydrogen-bond acceptors (Lipinski definition) is 5. The molecule has 1 atom stereocenters. The van der Waals surface area contributed by atoms with E-state index in [0.29, 0.717) is 18.5 Å². The van der Waals surface area contributed by atoms with E-state index < -0.39 is 0 Å². The van der Waals surface area contributed by atoms with Gasteiger partial charge in [-0.05, 0) is 32.4 Å². The molecule has 1 aliphatic heterocycles. The van der Waals surface area contributed by atoms with E-state index in [0.717, 1.165) is 35.4 Å². The minimum atomic E-state index is -0.00474. The molecule has 3 rings (SSSR count). The molecule has 0 saturated carbocycles. The highest BCUT2D eigenvalue weighted by Crippen LogP contribution is 2.27. The molecule has 3 heterocycles. The van der Waals surface area contributed by atoms with Crippen LogP contribution in [-0.2, 0) is 11.8 Å². The first-order chi connectivity index (χ1) is 11.0. The number of pyridine rings is 1. The van der Waals surface area contributed by atoms with E-state index in [2.05, 4.69) is 22.3 Å². The highest BCUT2D eigenvalue weighted by Gasteiger charge is 2.22. The molecule has 1 N–H and O–H groups in total. The predicted octanol–water partition coefficient (Wildman–Crippen LogP) is 0.784. The number of piperazine rings is 1. The average molecular weight is 317 g/mol. The van der Waals surface area contributed by atoms with Crippen LogP contribution in [0.5, 0.6) is 5.88 Å².